The van der Waals surface area contributed by atoms with Gasteiger partial charge >= 0.3 is 0 Å². The van der Waals surface area contributed by atoms with Crippen molar-refractivity contribution in [1.82, 2.24) is 9.29 Å². The molecule has 1 aliphatic rings. The zero-order valence-electron chi connectivity index (χ0n) is 14.0. The van der Waals surface area contributed by atoms with Crippen LogP contribution < -0.4 is 5.32 Å². The molecule has 6 nitrogen and oxygen atoms in total. The van der Waals surface area contributed by atoms with Crippen LogP contribution >= 0.6 is 11.3 Å². The van der Waals surface area contributed by atoms with E-state index in [1.807, 2.05) is 36.6 Å². The molecule has 1 aromatic heterocycles. The molecule has 1 atom stereocenters. The number of carbonyl (C=O) groups excluding carboxylic acids is 1. The predicted molar refractivity (Wildman–Crippen MR) is 100.0 cm³/mol. The first-order valence-corrected chi connectivity index (χ1v) is 10.8. The molecule has 1 N–H and O–H groups in total. The molecule has 0 bridgehead atoms. The molecule has 1 amide bonds. The van der Waals surface area contributed by atoms with Gasteiger partial charge in [-0.1, -0.05) is 6.92 Å². The van der Waals surface area contributed by atoms with Gasteiger partial charge in [0.15, 0.2) is 0 Å². The number of aromatic nitrogens is 1. The molecule has 1 saturated heterocycles. The fourth-order valence-corrected chi connectivity index (χ4v) is 5.39. The average Bonchev–Trinajstić information content (AvgIpc) is 3.27. The summed E-state index contributed by atoms with van der Waals surface area (Å²) in [4.78, 5) is 16.8. The van der Waals surface area contributed by atoms with Crippen molar-refractivity contribution in [2.45, 2.75) is 32.2 Å². The Bertz CT molecular complexity index is 817. The Morgan fingerprint density at radius 2 is 2.12 bits per heavy atom. The summed E-state index contributed by atoms with van der Waals surface area (Å²) >= 11 is 1.55. The first kappa shape index (κ1) is 18.0. The van der Waals surface area contributed by atoms with Gasteiger partial charge in [-0.2, -0.15) is 4.31 Å². The molecule has 0 aliphatic carbocycles. The number of sulfonamides is 1. The lowest BCUT2D eigenvalue weighted by Crippen LogP contribution is -2.44. The van der Waals surface area contributed by atoms with Gasteiger partial charge in [0, 0.05) is 29.4 Å². The summed E-state index contributed by atoms with van der Waals surface area (Å²) < 4.78 is 26.0. The zero-order valence-corrected chi connectivity index (χ0v) is 15.6. The van der Waals surface area contributed by atoms with Crippen LogP contribution in [-0.4, -0.2) is 42.0 Å². The molecule has 0 saturated carbocycles. The highest BCUT2D eigenvalue weighted by Gasteiger charge is 2.38. The molecular formula is C17H21N3O3S2. The monoisotopic (exact) mass is 379 g/mol. The molecular weight excluding hydrogens is 358 g/mol. The normalized spacial score (nSPS) is 18.4. The molecule has 1 aromatic carbocycles. The van der Waals surface area contributed by atoms with Crippen molar-refractivity contribution in [1.29, 1.82) is 0 Å². The second-order valence-electron chi connectivity index (χ2n) is 5.99. The van der Waals surface area contributed by atoms with E-state index < -0.39 is 16.1 Å². The highest BCUT2D eigenvalue weighted by molar-refractivity contribution is 7.89. The summed E-state index contributed by atoms with van der Waals surface area (Å²) in [7, 11) is -3.37. The second-order valence-corrected chi connectivity index (χ2v) is 8.92. The lowest BCUT2D eigenvalue weighted by atomic mass is 10.2. The van der Waals surface area contributed by atoms with Gasteiger partial charge in [-0.15, -0.1) is 11.3 Å². The maximum absolute atomic E-state index is 12.6. The third-order valence-corrected chi connectivity index (χ3v) is 7.06. The Morgan fingerprint density at radius 3 is 2.76 bits per heavy atom. The van der Waals surface area contributed by atoms with Crippen molar-refractivity contribution in [2.75, 3.05) is 17.6 Å². The molecule has 0 spiro atoms. The lowest BCUT2D eigenvalue weighted by molar-refractivity contribution is -0.119. The maximum Gasteiger partial charge on any atom is 0.242 e. The van der Waals surface area contributed by atoms with Gasteiger partial charge in [-0.05, 0) is 43.5 Å². The topological polar surface area (TPSA) is 79.4 Å². The fraction of sp³-hybridized carbons (Fsp3) is 0.412. The van der Waals surface area contributed by atoms with E-state index in [0.29, 0.717) is 31.5 Å². The van der Waals surface area contributed by atoms with E-state index in [1.54, 1.807) is 17.5 Å². The lowest BCUT2D eigenvalue weighted by Gasteiger charge is -2.23. The third-order valence-electron chi connectivity index (χ3n) is 4.16. The number of carbonyl (C=O) groups is 1. The molecule has 2 aromatic rings. The van der Waals surface area contributed by atoms with Crippen LogP contribution in [0.5, 0.6) is 0 Å². The first-order chi connectivity index (χ1) is 12.0. The average molecular weight is 380 g/mol. The smallest absolute Gasteiger partial charge is 0.242 e. The number of anilines is 1. The Labute approximate surface area is 151 Å². The minimum atomic E-state index is -3.37. The van der Waals surface area contributed by atoms with Crippen molar-refractivity contribution < 1.29 is 13.2 Å². The van der Waals surface area contributed by atoms with E-state index >= 15 is 0 Å². The molecule has 1 fully saturated rings. The van der Waals surface area contributed by atoms with Gasteiger partial charge in [-0.25, -0.2) is 13.4 Å². The van der Waals surface area contributed by atoms with Crippen LogP contribution in [0.2, 0.25) is 0 Å². The van der Waals surface area contributed by atoms with Crippen molar-refractivity contribution >= 4 is 33.0 Å². The molecule has 3 rings (SSSR count). The van der Waals surface area contributed by atoms with E-state index in [9.17, 15) is 13.2 Å². The summed E-state index contributed by atoms with van der Waals surface area (Å²) in [5.41, 5.74) is 1.64. The van der Waals surface area contributed by atoms with Gasteiger partial charge in [0.2, 0.25) is 15.9 Å². The van der Waals surface area contributed by atoms with Crippen molar-refractivity contribution in [3.63, 3.8) is 0 Å². The van der Waals surface area contributed by atoms with Gasteiger partial charge in [0.1, 0.15) is 11.0 Å². The SMILES string of the molecule is CCCS(=O)(=O)N1CCCC1C(=O)Nc1ccc(-c2nccs2)cc1. The maximum atomic E-state index is 12.6. The summed E-state index contributed by atoms with van der Waals surface area (Å²) in [6.45, 7) is 2.25. The summed E-state index contributed by atoms with van der Waals surface area (Å²) in [5, 5.41) is 5.67. The van der Waals surface area contributed by atoms with Gasteiger partial charge in [0.25, 0.3) is 0 Å². The van der Waals surface area contributed by atoms with E-state index in [2.05, 4.69) is 10.3 Å². The van der Waals surface area contributed by atoms with Crippen LogP contribution in [-0.2, 0) is 14.8 Å². The standard InChI is InChI=1S/C17H21N3O3S2/c1-2-12-25(22,23)20-10-3-4-15(20)16(21)19-14-7-5-13(6-8-14)17-18-9-11-24-17/h5-9,11,15H,2-4,10,12H2,1H3,(H,19,21). The number of nitrogens with zero attached hydrogens (tertiary/aromatic N) is 2. The van der Waals surface area contributed by atoms with E-state index in [-0.39, 0.29) is 11.7 Å². The summed E-state index contributed by atoms with van der Waals surface area (Å²) in [6.07, 6.45) is 3.57. The van der Waals surface area contributed by atoms with Crippen LogP contribution in [0.25, 0.3) is 10.6 Å². The first-order valence-electron chi connectivity index (χ1n) is 8.31. The van der Waals surface area contributed by atoms with Gasteiger partial charge in [0.05, 0.1) is 5.75 Å². The Hall–Kier alpha value is -1.77. The number of amides is 1. The number of hydrogen-bond donors (Lipinski definition) is 1. The summed E-state index contributed by atoms with van der Waals surface area (Å²) in [5.74, 6) is -0.182. The fourth-order valence-electron chi connectivity index (χ4n) is 3.00. The predicted octanol–water partition coefficient (Wildman–Crippen LogP) is 2.95. The van der Waals surface area contributed by atoms with Crippen LogP contribution in [0.1, 0.15) is 26.2 Å². The van der Waals surface area contributed by atoms with Crippen LogP contribution in [0.4, 0.5) is 5.69 Å². The number of nitrogens with one attached hydrogen (secondary N) is 1. The molecule has 1 aliphatic heterocycles. The largest absolute Gasteiger partial charge is 0.325 e. The third kappa shape index (κ3) is 4.08. The summed E-state index contributed by atoms with van der Waals surface area (Å²) in [6, 6.07) is 6.81. The Morgan fingerprint density at radius 1 is 1.36 bits per heavy atom. The highest BCUT2D eigenvalue weighted by Crippen LogP contribution is 2.25. The minimum absolute atomic E-state index is 0.0826. The quantitative estimate of drug-likeness (QED) is 0.837. The Kier molecular flexibility index (Phi) is 5.51. The van der Waals surface area contributed by atoms with Crippen molar-refractivity contribution in [3.05, 3.63) is 35.8 Å². The highest BCUT2D eigenvalue weighted by atomic mass is 32.2. The minimum Gasteiger partial charge on any atom is -0.325 e. The number of thiazole rings is 1. The molecule has 2 heterocycles. The van der Waals surface area contributed by atoms with E-state index in [1.165, 1.54) is 4.31 Å². The molecule has 8 heteroatoms. The number of hydrogen-bond acceptors (Lipinski definition) is 5. The molecule has 1 unspecified atom stereocenters. The van der Waals surface area contributed by atoms with Gasteiger partial charge < -0.3 is 5.32 Å². The molecule has 25 heavy (non-hydrogen) atoms. The van der Waals surface area contributed by atoms with E-state index in [0.717, 1.165) is 10.6 Å². The molecule has 0 radical (unpaired) electrons. The van der Waals surface area contributed by atoms with Crippen LogP contribution in [0.3, 0.4) is 0 Å². The molecule has 134 valence electrons. The number of rotatable bonds is 6. The van der Waals surface area contributed by atoms with Crippen molar-refractivity contribution in [2.24, 2.45) is 0 Å². The number of benzene rings is 1. The van der Waals surface area contributed by atoms with Gasteiger partial charge in [-0.3, -0.25) is 4.79 Å². The van der Waals surface area contributed by atoms with Crippen LogP contribution in [0.15, 0.2) is 35.8 Å². The van der Waals surface area contributed by atoms with Crippen molar-refractivity contribution in [3.8, 4) is 10.6 Å². The van der Waals surface area contributed by atoms with E-state index in [4.69, 9.17) is 0 Å². The van der Waals surface area contributed by atoms with Crippen LogP contribution in [0, 0.1) is 0 Å². The Balaban J connectivity index is 1.69. The zero-order chi connectivity index (χ0) is 17.9. The second kappa shape index (κ2) is 7.63.